The van der Waals surface area contributed by atoms with E-state index < -0.39 is 12.6 Å². The van der Waals surface area contributed by atoms with Gasteiger partial charge in [-0.1, -0.05) is 17.9 Å². The molecular formula is C16H15NO4. The summed E-state index contributed by atoms with van der Waals surface area (Å²) in [5, 5.41) is 8.57. The van der Waals surface area contributed by atoms with Crippen LogP contribution in [0, 0.1) is 24.2 Å². The average Bonchev–Trinajstić information content (AvgIpc) is 2.49. The minimum absolute atomic E-state index is 0.147. The van der Waals surface area contributed by atoms with Gasteiger partial charge in [-0.15, -0.1) is 12.3 Å². The van der Waals surface area contributed by atoms with Gasteiger partial charge in [0.2, 0.25) is 0 Å². The second-order valence-corrected chi connectivity index (χ2v) is 4.00. The lowest BCUT2D eigenvalue weighted by atomic mass is 10.2. The van der Waals surface area contributed by atoms with E-state index in [2.05, 4.69) is 17.8 Å². The van der Waals surface area contributed by atoms with Crippen molar-refractivity contribution in [2.45, 2.75) is 6.92 Å². The molecule has 0 fully saturated rings. The fourth-order valence-electron chi connectivity index (χ4n) is 1.53. The Labute approximate surface area is 123 Å². The lowest BCUT2D eigenvalue weighted by Crippen LogP contribution is -2.31. The predicted octanol–water partition coefficient (Wildman–Crippen LogP) is 1.25. The number of aliphatic carboxylic acids is 1. The maximum atomic E-state index is 12.3. The van der Waals surface area contributed by atoms with Crippen LogP contribution in [0.2, 0.25) is 0 Å². The van der Waals surface area contributed by atoms with Gasteiger partial charge in [-0.05, 0) is 25.1 Å². The van der Waals surface area contributed by atoms with Crippen molar-refractivity contribution in [3.05, 3.63) is 29.8 Å². The Morgan fingerprint density at radius 2 is 2.14 bits per heavy atom. The molecule has 0 aliphatic heterocycles. The molecule has 0 aromatic heterocycles. The molecule has 0 radical (unpaired) electrons. The monoisotopic (exact) mass is 285 g/mol. The molecule has 108 valence electrons. The number of hydrogen-bond acceptors (Lipinski definition) is 3. The molecule has 0 atom stereocenters. The van der Waals surface area contributed by atoms with E-state index in [9.17, 15) is 9.59 Å². The van der Waals surface area contributed by atoms with Crippen molar-refractivity contribution in [2.75, 3.05) is 19.7 Å². The molecule has 1 N–H and O–H groups in total. The Balaban J connectivity index is 2.88. The summed E-state index contributed by atoms with van der Waals surface area (Å²) in [6.45, 7) is 1.60. The quantitative estimate of drug-likeness (QED) is 0.799. The second-order valence-electron chi connectivity index (χ2n) is 4.00. The van der Waals surface area contributed by atoms with Crippen molar-refractivity contribution in [1.82, 2.24) is 4.90 Å². The van der Waals surface area contributed by atoms with Crippen LogP contribution in [-0.4, -0.2) is 41.6 Å². The van der Waals surface area contributed by atoms with Gasteiger partial charge in [-0.25, -0.2) is 4.79 Å². The van der Waals surface area contributed by atoms with Crippen LogP contribution in [0.4, 0.5) is 0 Å². The number of carboxylic acid groups (broad SMARTS) is 1. The standard InChI is InChI=1S/C16H15NO4/c1-3-5-10-17(9-4-2)16(20)13-7-6-8-14(11-13)21-12-15(18)19/h2,6-8,11H,9-10,12H2,1H3,(H,18,19). The predicted molar refractivity (Wildman–Crippen MR) is 77.8 cm³/mol. The lowest BCUT2D eigenvalue weighted by molar-refractivity contribution is -0.139. The molecule has 1 rings (SSSR count). The zero-order valence-electron chi connectivity index (χ0n) is 11.6. The smallest absolute Gasteiger partial charge is 0.341 e. The molecule has 1 aromatic carbocycles. The zero-order valence-corrected chi connectivity index (χ0v) is 11.6. The molecular weight excluding hydrogens is 270 g/mol. The molecule has 1 amide bonds. The highest BCUT2D eigenvalue weighted by molar-refractivity contribution is 5.95. The van der Waals surface area contributed by atoms with E-state index in [1.54, 1.807) is 25.1 Å². The van der Waals surface area contributed by atoms with Gasteiger partial charge in [-0.3, -0.25) is 4.79 Å². The Kier molecular flexibility index (Phi) is 6.37. The summed E-state index contributed by atoms with van der Waals surface area (Å²) in [5.41, 5.74) is 0.367. The number of rotatable bonds is 6. The van der Waals surface area contributed by atoms with Gasteiger partial charge in [0.25, 0.3) is 5.91 Å². The summed E-state index contributed by atoms with van der Waals surface area (Å²) in [7, 11) is 0. The molecule has 0 aliphatic carbocycles. The molecule has 0 saturated carbocycles. The van der Waals surface area contributed by atoms with E-state index in [0.29, 0.717) is 11.3 Å². The topological polar surface area (TPSA) is 66.8 Å². The summed E-state index contributed by atoms with van der Waals surface area (Å²) in [5.74, 6) is 6.85. The lowest BCUT2D eigenvalue weighted by Gasteiger charge is -2.17. The molecule has 0 aliphatic rings. The number of amides is 1. The first-order valence-electron chi connectivity index (χ1n) is 6.15. The molecule has 0 unspecified atom stereocenters. The van der Waals surface area contributed by atoms with E-state index >= 15 is 0 Å². The van der Waals surface area contributed by atoms with Gasteiger partial charge in [0.15, 0.2) is 6.61 Å². The Morgan fingerprint density at radius 1 is 1.38 bits per heavy atom. The van der Waals surface area contributed by atoms with Crippen LogP contribution in [0.5, 0.6) is 5.75 Å². The van der Waals surface area contributed by atoms with Gasteiger partial charge in [-0.2, -0.15) is 0 Å². The zero-order chi connectivity index (χ0) is 15.7. The third kappa shape index (κ3) is 5.30. The number of hydrogen-bond donors (Lipinski definition) is 1. The maximum absolute atomic E-state index is 12.3. The first-order chi connectivity index (χ1) is 10.1. The van der Waals surface area contributed by atoms with E-state index in [1.807, 2.05) is 0 Å². The summed E-state index contributed by atoms with van der Waals surface area (Å²) in [4.78, 5) is 24.2. The van der Waals surface area contributed by atoms with Crippen molar-refractivity contribution in [1.29, 1.82) is 0 Å². The van der Waals surface area contributed by atoms with Crippen molar-refractivity contribution in [3.8, 4) is 29.9 Å². The molecule has 5 heteroatoms. The van der Waals surface area contributed by atoms with Crippen LogP contribution in [0.3, 0.4) is 0 Å². The second kappa shape index (κ2) is 8.29. The molecule has 0 bridgehead atoms. The molecule has 0 spiro atoms. The Hall–Kier alpha value is -2.92. The van der Waals surface area contributed by atoms with Crippen molar-refractivity contribution in [2.24, 2.45) is 0 Å². The minimum Gasteiger partial charge on any atom is -0.482 e. The Morgan fingerprint density at radius 3 is 2.76 bits per heavy atom. The number of carboxylic acids is 1. The van der Waals surface area contributed by atoms with Crippen LogP contribution in [0.1, 0.15) is 17.3 Å². The summed E-state index contributed by atoms with van der Waals surface area (Å²) in [6.07, 6.45) is 5.25. The van der Waals surface area contributed by atoms with Crippen molar-refractivity contribution >= 4 is 11.9 Å². The van der Waals surface area contributed by atoms with Crippen molar-refractivity contribution < 1.29 is 19.4 Å². The average molecular weight is 285 g/mol. The normalized spacial score (nSPS) is 8.95. The van der Waals surface area contributed by atoms with E-state index in [0.717, 1.165) is 0 Å². The van der Waals surface area contributed by atoms with Crippen LogP contribution in [-0.2, 0) is 4.79 Å². The number of carbonyl (C=O) groups excluding carboxylic acids is 1. The van der Waals surface area contributed by atoms with Gasteiger partial charge >= 0.3 is 5.97 Å². The summed E-state index contributed by atoms with van der Waals surface area (Å²) < 4.78 is 5.04. The van der Waals surface area contributed by atoms with Crippen molar-refractivity contribution in [3.63, 3.8) is 0 Å². The van der Waals surface area contributed by atoms with Crippen LogP contribution in [0.15, 0.2) is 24.3 Å². The van der Waals surface area contributed by atoms with E-state index in [-0.39, 0.29) is 19.0 Å². The molecule has 1 aromatic rings. The van der Waals surface area contributed by atoms with Crippen LogP contribution >= 0.6 is 0 Å². The third-order valence-electron chi connectivity index (χ3n) is 2.46. The highest BCUT2D eigenvalue weighted by atomic mass is 16.5. The fourth-order valence-corrected chi connectivity index (χ4v) is 1.53. The molecule has 21 heavy (non-hydrogen) atoms. The fraction of sp³-hybridized carbons (Fsp3) is 0.250. The summed E-state index contributed by atoms with van der Waals surface area (Å²) >= 11 is 0. The van der Waals surface area contributed by atoms with E-state index in [1.165, 1.54) is 11.0 Å². The van der Waals surface area contributed by atoms with Crippen LogP contribution < -0.4 is 4.74 Å². The number of ether oxygens (including phenoxy) is 1. The number of benzene rings is 1. The first kappa shape index (κ1) is 16.1. The maximum Gasteiger partial charge on any atom is 0.341 e. The summed E-state index contributed by atoms with van der Waals surface area (Å²) in [6, 6.07) is 6.29. The molecule has 5 nitrogen and oxygen atoms in total. The van der Waals surface area contributed by atoms with E-state index in [4.69, 9.17) is 16.3 Å². The van der Waals surface area contributed by atoms with Crippen LogP contribution in [0.25, 0.3) is 0 Å². The largest absolute Gasteiger partial charge is 0.482 e. The van der Waals surface area contributed by atoms with Gasteiger partial charge in [0.05, 0.1) is 13.1 Å². The van der Waals surface area contributed by atoms with Gasteiger partial charge in [0, 0.05) is 5.56 Å². The first-order valence-corrected chi connectivity index (χ1v) is 6.15. The highest BCUT2D eigenvalue weighted by Crippen LogP contribution is 2.15. The molecule has 0 heterocycles. The van der Waals surface area contributed by atoms with Gasteiger partial charge in [0.1, 0.15) is 5.75 Å². The minimum atomic E-state index is -1.08. The number of carbonyl (C=O) groups is 2. The number of nitrogens with zero attached hydrogens (tertiary/aromatic N) is 1. The van der Waals surface area contributed by atoms with Gasteiger partial charge < -0.3 is 14.7 Å². The number of terminal acetylenes is 1. The highest BCUT2D eigenvalue weighted by Gasteiger charge is 2.14. The third-order valence-corrected chi connectivity index (χ3v) is 2.46. The Bertz CT molecular complexity index is 619. The SMILES string of the molecule is C#CCN(CC#CC)C(=O)c1cccc(OCC(=O)O)c1. The molecule has 0 saturated heterocycles.